The number of carbonyl (C=O) groups is 2. The zero-order valence-electron chi connectivity index (χ0n) is 11.9. The summed E-state index contributed by atoms with van der Waals surface area (Å²) in [6.45, 7) is 2.62. The molecule has 2 N–H and O–H groups in total. The molecule has 1 aliphatic heterocycles. The molecule has 2 amide bonds. The molecule has 0 aliphatic carbocycles. The summed E-state index contributed by atoms with van der Waals surface area (Å²) in [5.41, 5.74) is 0. The molecule has 1 aliphatic rings. The van der Waals surface area contributed by atoms with E-state index in [2.05, 4.69) is 15.5 Å². The number of carbonyl (C=O) groups excluding carboxylic acids is 1. The third-order valence-electron chi connectivity index (χ3n) is 3.65. The summed E-state index contributed by atoms with van der Waals surface area (Å²) in [6, 6.07) is 2.79. The molecule has 2 atom stereocenters. The first-order valence-corrected chi connectivity index (χ1v) is 6.67. The van der Waals surface area contributed by atoms with E-state index in [9.17, 15) is 9.59 Å². The second-order valence-corrected chi connectivity index (χ2v) is 5.05. The molecule has 8 nitrogen and oxygen atoms in total. The molecule has 1 fully saturated rings. The van der Waals surface area contributed by atoms with Crippen LogP contribution in [0.1, 0.15) is 13.3 Å². The van der Waals surface area contributed by atoms with E-state index in [4.69, 9.17) is 9.84 Å². The molecule has 1 aromatic heterocycles. The van der Waals surface area contributed by atoms with Gasteiger partial charge < -0.3 is 14.7 Å². The Labute approximate surface area is 122 Å². The molecule has 114 valence electrons. The Morgan fingerprint density at radius 1 is 1.43 bits per heavy atom. The third kappa shape index (κ3) is 3.59. The largest absolute Gasteiger partial charge is 0.481 e. The van der Waals surface area contributed by atoms with Crippen LogP contribution in [0.5, 0.6) is 5.88 Å². The van der Waals surface area contributed by atoms with E-state index in [-0.39, 0.29) is 18.5 Å². The number of urea groups is 1. The van der Waals surface area contributed by atoms with Crippen LogP contribution in [0.3, 0.4) is 0 Å². The molecule has 2 unspecified atom stereocenters. The lowest BCUT2D eigenvalue weighted by Gasteiger charge is -2.34. The molecule has 1 aromatic rings. The summed E-state index contributed by atoms with van der Waals surface area (Å²) >= 11 is 0. The summed E-state index contributed by atoms with van der Waals surface area (Å²) in [6.07, 6.45) is 0.665. The van der Waals surface area contributed by atoms with Crippen molar-refractivity contribution in [1.29, 1.82) is 0 Å². The number of carboxylic acids is 1. The van der Waals surface area contributed by atoms with E-state index in [0.29, 0.717) is 24.7 Å². The van der Waals surface area contributed by atoms with Crippen molar-refractivity contribution in [3.63, 3.8) is 0 Å². The van der Waals surface area contributed by atoms with Crippen LogP contribution < -0.4 is 10.1 Å². The molecular formula is C13H18N4O4. The zero-order valence-corrected chi connectivity index (χ0v) is 11.9. The fourth-order valence-electron chi connectivity index (χ4n) is 2.26. The molecule has 1 saturated heterocycles. The number of aliphatic carboxylic acids is 1. The van der Waals surface area contributed by atoms with E-state index in [1.165, 1.54) is 12.0 Å². The molecular weight excluding hydrogens is 276 g/mol. The maximum atomic E-state index is 12.1. The van der Waals surface area contributed by atoms with Gasteiger partial charge in [0.25, 0.3) is 0 Å². The smallest absolute Gasteiger partial charge is 0.323 e. The number of rotatable bonds is 3. The Morgan fingerprint density at radius 2 is 2.19 bits per heavy atom. The number of aromatic nitrogens is 2. The summed E-state index contributed by atoms with van der Waals surface area (Å²) in [5.74, 6) is -0.694. The normalized spacial score (nSPS) is 21.7. The predicted octanol–water partition coefficient (Wildman–Crippen LogP) is 1.06. The zero-order chi connectivity index (χ0) is 15.4. The van der Waals surface area contributed by atoms with Gasteiger partial charge in [-0.25, -0.2) is 4.79 Å². The Kier molecular flexibility index (Phi) is 4.56. The number of hydrogen-bond acceptors (Lipinski definition) is 5. The maximum Gasteiger partial charge on any atom is 0.323 e. The highest BCUT2D eigenvalue weighted by Crippen LogP contribution is 2.23. The first-order valence-electron chi connectivity index (χ1n) is 6.67. The van der Waals surface area contributed by atoms with Gasteiger partial charge in [-0.1, -0.05) is 6.92 Å². The SMILES string of the molecule is COc1ccc(NC(=O)N2CCC(C)C(C(=O)O)C2)nn1. The summed E-state index contributed by atoms with van der Waals surface area (Å²) in [7, 11) is 1.48. The number of likely N-dealkylation sites (tertiary alicyclic amines) is 1. The topological polar surface area (TPSA) is 105 Å². The summed E-state index contributed by atoms with van der Waals surface area (Å²) in [5, 5.41) is 19.3. The van der Waals surface area contributed by atoms with Gasteiger partial charge in [-0.05, 0) is 18.4 Å². The number of nitrogens with one attached hydrogen (secondary N) is 1. The van der Waals surface area contributed by atoms with Crippen molar-refractivity contribution < 1.29 is 19.4 Å². The molecule has 0 aromatic carbocycles. The minimum Gasteiger partial charge on any atom is -0.481 e. The number of anilines is 1. The molecule has 0 radical (unpaired) electrons. The molecule has 2 rings (SSSR count). The lowest BCUT2D eigenvalue weighted by Crippen LogP contribution is -2.47. The van der Waals surface area contributed by atoms with Gasteiger partial charge in [-0.2, -0.15) is 0 Å². The predicted molar refractivity (Wildman–Crippen MR) is 74.1 cm³/mol. The number of ether oxygens (including phenoxy) is 1. The van der Waals surface area contributed by atoms with Crippen LogP contribution in [-0.4, -0.2) is 52.4 Å². The first-order chi connectivity index (χ1) is 10.0. The van der Waals surface area contributed by atoms with Crippen LogP contribution in [0, 0.1) is 11.8 Å². The fraction of sp³-hybridized carbons (Fsp3) is 0.538. The highest BCUT2D eigenvalue weighted by molar-refractivity contribution is 5.88. The van der Waals surface area contributed by atoms with E-state index < -0.39 is 11.9 Å². The number of nitrogens with zero attached hydrogens (tertiary/aromatic N) is 3. The van der Waals surface area contributed by atoms with Crippen molar-refractivity contribution in [3.05, 3.63) is 12.1 Å². The molecule has 2 heterocycles. The van der Waals surface area contributed by atoms with Crippen LogP contribution in [0.15, 0.2) is 12.1 Å². The average Bonchev–Trinajstić information content (AvgIpc) is 2.48. The number of carboxylic acid groups (broad SMARTS) is 1. The second-order valence-electron chi connectivity index (χ2n) is 5.05. The maximum absolute atomic E-state index is 12.1. The lowest BCUT2D eigenvalue weighted by molar-refractivity contribution is -0.145. The standard InChI is InChI=1S/C13H18N4O4/c1-8-5-6-17(7-9(8)12(18)19)13(20)14-10-3-4-11(21-2)16-15-10/h3-4,8-9H,5-7H2,1-2H3,(H,18,19)(H,14,15,20). The van der Waals surface area contributed by atoms with Crippen molar-refractivity contribution in [2.24, 2.45) is 11.8 Å². The van der Waals surface area contributed by atoms with Gasteiger partial charge in [-0.3, -0.25) is 10.1 Å². The van der Waals surface area contributed by atoms with Crippen molar-refractivity contribution in [2.75, 3.05) is 25.5 Å². The van der Waals surface area contributed by atoms with Crippen LogP contribution >= 0.6 is 0 Å². The Balaban J connectivity index is 1.97. The first kappa shape index (κ1) is 15.0. The highest BCUT2D eigenvalue weighted by Gasteiger charge is 2.33. The average molecular weight is 294 g/mol. The Bertz CT molecular complexity index is 519. The number of amides is 2. The fourth-order valence-corrected chi connectivity index (χ4v) is 2.26. The third-order valence-corrected chi connectivity index (χ3v) is 3.65. The Morgan fingerprint density at radius 3 is 2.76 bits per heavy atom. The van der Waals surface area contributed by atoms with Crippen LogP contribution in [0.4, 0.5) is 10.6 Å². The van der Waals surface area contributed by atoms with Crippen molar-refractivity contribution in [3.8, 4) is 5.88 Å². The minimum atomic E-state index is -0.871. The van der Waals surface area contributed by atoms with E-state index in [1.54, 1.807) is 12.1 Å². The van der Waals surface area contributed by atoms with Crippen LogP contribution in [-0.2, 0) is 4.79 Å². The van der Waals surface area contributed by atoms with Gasteiger partial charge >= 0.3 is 12.0 Å². The quantitative estimate of drug-likeness (QED) is 0.863. The van der Waals surface area contributed by atoms with Gasteiger partial charge in [0.1, 0.15) is 0 Å². The lowest BCUT2D eigenvalue weighted by atomic mass is 9.87. The van der Waals surface area contributed by atoms with Crippen molar-refractivity contribution in [1.82, 2.24) is 15.1 Å². The highest BCUT2D eigenvalue weighted by atomic mass is 16.5. The van der Waals surface area contributed by atoms with Crippen LogP contribution in [0.25, 0.3) is 0 Å². The monoisotopic (exact) mass is 294 g/mol. The van der Waals surface area contributed by atoms with Gasteiger partial charge in [0.15, 0.2) is 5.82 Å². The molecule has 8 heteroatoms. The molecule has 0 saturated carbocycles. The van der Waals surface area contributed by atoms with Gasteiger partial charge in [0.2, 0.25) is 5.88 Å². The van der Waals surface area contributed by atoms with E-state index in [1.807, 2.05) is 6.92 Å². The number of methoxy groups -OCH3 is 1. The van der Waals surface area contributed by atoms with Crippen LogP contribution in [0.2, 0.25) is 0 Å². The van der Waals surface area contributed by atoms with E-state index in [0.717, 1.165) is 0 Å². The summed E-state index contributed by atoms with van der Waals surface area (Å²) < 4.78 is 4.88. The Hall–Kier alpha value is -2.38. The second kappa shape index (κ2) is 6.38. The molecule has 0 bridgehead atoms. The molecule has 0 spiro atoms. The summed E-state index contributed by atoms with van der Waals surface area (Å²) in [4.78, 5) is 24.8. The van der Waals surface area contributed by atoms with Crippen molar-refractivity contribution in [2.45, 2.75) is 13.3 Å². The van der Waals surface area contributed by atoms with Gasteiger partial charge in [-0.15, -0.1) is 10.2 Å². The number of hydrogen-bond donors (Lipinski definition) is 2. The molecule has 21 heavy (non-hydrogen) atoms. The van der Waals surface area contributed by atoms with Gasteiger partial charge in [0.05, 0.1) is 13.0 Å². The van der Waals surface area contributed by atoms with Gasteiger partial charge in [0, 0.05) is 19.2 Å². The van der Waals surface area contributed by atoms with E-state index >= 15 is 0 Å². The number of piperidine rings is 1. The van der Waals surface area contributed by atoms with Crippen molar-refractivity contribution >= 4 is 17.8 Å². The minimum absolute atomic E-state index is 0.0623.